The molecule has 0 saturated heterocycles. The van der Waals surface area contributed by atoms with Gasteiger partial charge in [-0.1, -0.05) is 30.3 Å². The van der Waals surface area contributed by atoms with Crippen LogP contribution in [0.4, 0.5) is 5.69 Å². The lowest BCUT2D eigenvalue weighted by molar-refractivity contribution is 0.417. The van der Waals surface area contributed by atoms with Crippen LogP contribution >= 0.6 is 0 Å². The van der Waals surface area contributed by atoms with Crippen LogP contribution in [-0.2, 0) is 16.6 Å². The third kappa shape index (κ3) is 2.92. The molecule has 106 valence electrons. The Morgan fingerprint density at radius 1 is 1.10 bits per heavy atom. The largest absolute Gasteiger partial charge is 0.495 e. The van der Waals surface area contributed by atoms with Gasteiger partial charge in [0.2, 0.25) is 0 Å². The van der Waals surface area contributed by atoms with Crippen LogP contribution in [0.2, 0.25) is 0 Å². The Bertz CT molecular complexity index is 699. The molecule has 5 nitrogen and oxygen atoms in total. The van der Waals surface area contributed by atoms with Gasteiger partial charge in [0.05, 0.1) is 17.7 Å². The summed E-state index contributed by atoms with van der Waals surface area (Å²) in [6.07, 6.45) is 0. The second kappa shape index (κ2) is 5.94. The summed E-state index contributed by atoms with van der Waals surface area (Å²) in [6, 6.07) is 13.5. The zero-order valence-corrected chi connectivity index (χ0v) is 11.9. The van der Waals surface area contributed by atoms with Crippen molar-refractivity contribution in [2.24, 2.45) is 5.73 Å². The smallest absolute Gasteiger partial charge is 0.262 e. The number of para-hydroxylation sites is 2. The van der Waals surface area contributed by atoms with Gasteiger partial charge >= 0.3 is 0 Å². The second-order valence-electron chi connectivity index (χ2n) is 4.12. The molecule has 0 bridgehead atoms. The van der Waals surface area contributed by atoms with E-state index in [2.05, 4.69) is 4.72 Å². The predicted octanol–water partition coefficient (Wildman–Crippen LogP) is 1.95. The molecule has 0 aromatic heterocycles. The fourth-order valence-corrected chi connectivity index (χ4v) is 3.19. The molecule has 6 heteroatoms. The lowest BCUT2D eigenvalue weighted by Gasteiger charge is -2.13. The van der Waals surface area contributed by atoms with Crippen molar-refractivity contribution in [2.45, 2.75) is 11.4 Å². The molecule has 0 aliphatic heterocycles. The minimum Gasteiger partial charge on any atom is -0.495 e. The Hall–Kier alpha value is -2.05. The SMILES string of the molecule is COc1ccccc1NS(=O)(=O)c1ccccc1CN. The van der Waals surface area contributed by atoms with E-state index in [4.69, 9.17) is 10.5 Å². The Kier molecular flexibility index (Phi) is 4.26. The van der Waals surface area contributed by atoms with Gasteiger partial charge < -0.3 is 10.5 Å². The number of hydrogen-bond donors (Lipinski definition) is 2. The number of benzene rings is 2. The summed E-state index contributed by atoms with van der Waals surface area (Å²) in [5.41, 5.74) is 6.54. The van der Waals surface area contributed by atoms with Gasteiger partial charge in [0.25, 0.3) is 10.0 Å². The van der Waals surface area contributed by atoms with Crippen LogP contribution in [0.25, 0.3) is 0 Å². The third-order valence-corrected chi connectivity index (χ3v) is 4.30. The van der Waals surface area contributed by atoms with Gasteiger partial charge in [-0.15, -0.1) is 0 Å². The van der Waals surface area contributed by atoms with Crippen LogP contribution in [0.5, 0.6) is 5.75 Å². The van der Waals surface area contributed by atoms with E-state index < -0.39 is 10.0 Å². The van der Waals surface area contributed by atoms with Gasteiger partial charge in [-0.3, -0.25) is 4.72 Å². The molecule has 0 aliphatic rings. The van der Waals surface area contributed by atoms with Gasteiger partial charge in [0.15, 0.2) is 0 Å². The highest BCUT2D eigenvalue weighted by Gasteiger charge is 2.18. The van der Waals surface area contributed by atoms with E-state index in [-0.39, 0.29) is 11.4 Å². The van der Waals surface area contributed by atoms with Gasteiger partial charge in [0.1, 0.15) is 5.75 Å². The topological polar surface area (TPSA) is 81.4 Å². The van der Waals surface area contributed by atoms with E-state index in [1.807, 2.05) is 0 Å². The maximum atomic E-state index is 12.4. The van der Waals surface area contributed by atoms with Gasteiger partial charge in [0, 0.05) is 6.54 Å². The summed E-state index contributed by atoms with van der Waals surface area (Å²) in [5.74, 6) is 0.460. The van der Waals surface area contributed by atoms with Crippen LogP contribution in [0, 0.1) is 0 Å². The van der Waals surface area contributed by atoms with E-state index in [0.717, 1.165) is 0 Å². The summed E-state index contributed by atoms with van der Waals surface area (Å²) in [5, 5.41) is 0. The summed E-state index contributed by atoms with van der Waals surface area (Å²) in [7, 11) is -2.21. The van der Waals surface area contributed by atoms with Crippen molar-refractivity contribution >= 4 is 15.7 Å². The molecule has 0 atom stereocenters. The molecular formula is C14H16N2O3S. The molecule has 0 fully saturated rings. The minimum absolute atomic E-state index is 0.156. The first-order chi connectivity index (χ1) is 9.58. The Labute approximate surface area is 118 Å². The van der Waals surface area contributed by atoms with Crippen LogP contribution in [0.3, 0.4) is 0 Å². The number of nitrogens with one attached hydrogen (secondary N) is 1. The van der Waals surface area contributed by atoms with Crippen molar-refractivity contribution in [3.8, 4) is 5.75 Å². The number of ether oxygens (including phenoxy) is 1. The molecule has 0 aliphatic carbocycles. The Morgan fingerprint density at radius 3 is 2.45 bits per heavy atom. The third-order valence-electron chi connectivity index (χ3n) is 2.83. The molecule has 0 radical (unpaired) electrons. The van der Waals surface area contributed by atoms with E-state index >= 15 is 0 Å². The number of sulfonamides is 1. The van der Waals surface area contributed by atoms with Crippen LogP contribution < -0.4 is 15.2 Å². The zero-order valence-electron chi connectivity index (χ0n) is 11.0. The zero-order chi connectivity index (χ0) is 14.6. The number of methoxy groups -OCH3 is 1. The van der Waals surface area contributed by atoms with Crippen molar-refractivity contribution in [3.05, 3.63) is 54.1 Å². The molecule has 0 spiro atoms. The average molecular weight is 292 g/mol. The maximum absolute atomic E-state index is 12.4. The normalized spacial score (nSPS) is 11.1. The lowest BCUT2D eigenvalue weighted by atomic mass is 10.2. The van der Waals surface area contributed by atoms with Crippen molar-refractivity contribution in [3.63, 3.8) is 0 Å². The van der Waals surface area contributed by atoms with E-state index in [1.54, 1.807) is 42.5 Å². The van der Waals surface area contributed by atoms with Gasteiger partial charge in [-0.25, -0.2) is 8.42 Å². The first kappa shape index (κ1) is 14.4. The highest BCUT2D eigenvalue weighted by atomic mass is 32.2. The predicted molar refractivity (Wildman–Crippen MR) is 78.1 cm³/mol. The second-order valence-corrected chi connectivity index (χ2v) is 5.77. The van der Waals surface area contributed by atoms with Crippen molar-refractivity contribution in [2.75, 3.05) is 11.8 Å². The number of rotatable bonds is 5. The van der Waals surface area contributed by atoms with Crippen molar-refractivity contribution in [1.29, 1.82) is 0 Å². The molecule has 0 saturated carbocycles. The molecule has 2 rings (SSSR count). The fourth-order valence-electron chi connectivity index (χ4n) is 1.86. The fraction of sp³-hybridized carbons (Fsp3) is 0.143. The number of nitrogens with two attached hydrogens (primary N) is 1. The summed E-state index contributed by atoms with van der Waals surface area (Å²) >= 11 is 0. The monoisotopic (exact) mass is 292 g/mol. The van der Waals surface area contributed by atoms with E-state index in [1.165, 1.54) is 13.2 Å². The quantitative estimate of drug-likeness (QED) is 0.882. The Balaban J connectivity index is 2.41. The minimum atomic E-state index is -3.70. The van der Waals surface area contributed by atoms with Gasteiger partial charge in [-0.05, 0) is 23.8 Å². The molecule has 2 aromatic rings. The van der Waals surface area contributed by atoms with Crippen LogP contribution in [0.15, 0.2) is 53.4 Å². The first-order valence-corrected chi connectivity index (χ1v) is 7.50. The van der Waals surface area contributed by atoms with Crippen molar-refractivity contribution < 1.29 is 13.2 Å². The highest BCUT2D eigenvalue weighted by Crippen LogP contribution is 2.26. The molecular weight excluding hydrogens is 276 g/mol. The van der Waals surface area contributed by atoms with Crippen LogP contribution in [0.1, 0.15) is 5.56 Å². The molecule has 3 N–H and O–H groups in total. The molecule has 0 amide bonds. The summed E-state index contributed by atoms with van der Waals surface area (Å²) in [6.45, 7) is 0.156. The lowest BCUT2D eigenvalue weighted by Crippen LogP contribution is -2.16. The Morgan fingerprint density at radius 2 is 1.75 bits per heavy atom. The summed E-state index contributed by atoms with van der Waals surface area (Å²) < 4.78 is 32.5. The van der Waals surface area contributed by atoms with Crippen LogP contribution in [-0.4, -0.2) is 15.5 Å². The average Bonchev–Trinajstić information content (AvgIpc) is 2.47. The number of anilines is 1. The molecule has 20 heavy (non-hydrogen) atoms. The highest BCUT2D eigenvalue weighted by molar-refractivity contribution is 7.92. The van der Waals surface area contributed by atoms with E-state index in [0.29, 0.717) is 17.0 Å². The standard InChI is InChI=1S/C14H16N2O3S/c1-19-13-8-4-3-7-12(13)16-20(17,18)14-9-5-2-6-11(14)10-15/h2-9,16H,10,15H2,1H3. The van der Waals surface area contributed by atoms with Crippen molar-refractivity contribution in [1.82, 2.24) is 0 Å². The molecule has 2 aromatic carbocycles. The molecule has 0 heterocycles. The first-order valence-electron chi connectivity index (χ1n) is 6.02. The summed E-state index contributed by atoms with van der Waals surface area (Å²) in [4.78, 5) is 0.174. The van der Waals surface area contributed by atoms with E-state index in [9.17, 15) is 8.42 Å². The maximum Gasteiger partial charge on any atom is 0.262 e. The number of hydrogen-bond acceptors (Lipinski definition) is 4. The molecule has 0 unspecified atom stereocenters. The van der Waals surface area contributed by atoms with Gasteiger partial charge in [-0.2, -0.15) is 0 Å².